The zero-order chi connectivity index (χ0) is 12.4. The molecule has 0 radical (unpaired) electrons. The first-order chi connectivity index (χ1) is 8.06. The predicted octanol–water partition coefficient (Wildman–Crippen LogP) is 5.89. The van der Waals surface area contributed by atoms with E-state index in [1.807, 2.05) is 11.3 Å². The Hall–Kier alpha value is 0.660. The van der Waals surface area contributed by atoms with Gasteiger partial charge in [0.25, 0.3) is 0 Å². The monoisotopic (exact) mass is 378 g/mol. The van der Waals surface area contributed by atoms with E-state index in [1.165, 1.54) is 34.3 Å². The van der Waals surface area contributed by atoms with Crippen LogP contribution in [0.1, 0.15) is 38.0 Å². The lowest BCUT2D eigenvalue weighted by Crippen LogP contribution is -2.28. The summed E-state index contributed by atoms with van der Waals surface area (Å²) in [5.74, 6) is 2.59. The number of halogens is 2. The van der Waals surface area contributed by atoms with E-state index < -0.39 is 0 Å². The molecule has 0 spiro atoms. The summed E-state index contributed by atoms with van der Waals surface area (Å²) in [4.78, 5) is 2.24. The topological polar surface area (TPSA) is 0 Å². The van der Waals surface area contributed by atoms with Crippen molar-refractivity contribution in [3.8, 4) is 0 Å². The van der Waals surface area contributed by atoms with Gasteiger partial charge in [-0.25, -0.2) is 0 Å². The highest BCUT2D eigenvalue weighted by Crippen LogP contribution is 2.39. The normalized spacial score (nSPS) is 29.8. The largest absolute Gasteiger partial charge is 0.133 e. The summed E-state index contributed by atoms with van der Waals surface area (Å²) in [6.45, 7) is 4.75. The molecule has 1 aromatic heterocycles. The number of hydrogen-bond acceptors (Lipinski definition) is 1. The van der Waals surface area contributed by atoms with Gasteiger partial charge in [-0.1, -0.05) is 29.8 Å². The lowest BCUT2D eigenvalue weighted by Gasteiger charge is -2.35. The zero-order valence-corrected chi connectivity index (χ0v) is 14.4. The van der Waals surface area contributed by atoms with Gasteiger partial charge in [0.1, 0.15) is 0 Å². The molecule has 1 saturated carbocycles. The lowest BCUT2D eigenvalue weighted by atomic mass is 9.75. The molecule has 1 aliphatic rings. The van der Waals surface area contributed by atoms with Crippen LogP contribution in [-0.4, -0.2) is 4.83 Å². The average molecular weight is 380 g/mol. The minimum atomic E-state index is 0.721. The van der Waals surface area contributed by atoms with Gasteiger partial charge in [-0.15, -0.1) is 11.3 Å². The lowest BCUT2D eigenvalue weighted by molar-refractivity contribution is 0.223. The fraction of sp³-hybridized carbons (Fsp3) is 0.714. The SMILES string of the molecule is CC(C)C1CCC(Br)C(Cc2ccc(Br)s2)C1. The van der Waals surface area contributed by atoms with Crippen molar-refractivity contribution in [2.75, 3.05) is 0 Å². The molecule has 0 saturated heterocycles. The van der Waals surface area contributed by atoms with Crippen LogP contribution in [0.2, 0.25) is 0 Å². The quantitative estimate of drug-likeness (QED) is 0.574. The Bertz CT molecular complexity index is 359. The van der Waals surface area contributed by atoms with Gasteiger partial charge in [-0.2, -0.15) is 0 Å². The summed E-state index contributed by atoms with van der Waals surface area (Å²) in [5, 5.41) is 0. The molecule has 3 heteroatoms. The molecule has 0 aromatic carbocycles. The second kappa shape index (κ2) is 6.21. The molecule has 1 fully saturated rings. The van der Waals surface area contributed by atoms with Crippen molar-refractivity contribution in [2.24, 2.45) is 17.8 Å². The van der Waals surface area contributed by atoms with Crippen molar-refractivity contribution in [1.29, 1.82) is 0 Å². The number of thiophene rings is 1. The molecule has 1 aliphatic carbocycles. The van der Waals surface area contributed by atoms with Crippen LogP contribution in [-0.2, 0) is 6.42 Å². The molecule has 3 unspecified atom stereocenters. The van der Waals surface area contributed by atoms with E-state index in [4.69, 9.17) is 0 Å². The van der Waals surface area contributed by atoms with E-state index in [2.05, 4.69) is 57.8 Å². The third kappa shape index (κ3) is 3.81. The molecular formula is C14H20Br2S. The third-order valence-electron chi connectivity index (χ3n) is 3.97. The van der Waals surface area contributed by atoms with Gasteiger partial charge >= 0.3 is 0 Å². The molecule has 2 rings (SSSR count). The van der Waals surface area contributed by atoms with Gasteiger partial charge in [-0.05, 0) is 71.5 Å². The summed E-state index contributed by atoms with van der Waals surface area (Å²) in [6, 6.07) is 4.44. The molecule has 0 bridgehead atoms. The molecule has 0 nitrogen and oxygen atoms in total. The van der Waals surface area contributed by atoms with Gasteiger partial charge < -0.3 is 0 Å². The maximum Gasteiger partial charge on any atom is 0.0701 e. The van der Waals surface area contributed by atoms with Crippen LogP contribution in [0.5, 0.6) is 0 Å². The van der Waals surface area contributed by atoms with E-state index >= 15 is 0 Å². The molecule has 0 amide bonds. The number of rotatable bonds is 3. The molecule has 1 heterocycles. The maximum absolute atomic E-state index is 3.89. The van der Waals surface area contributed by atoms with E-state index in [0.29, 0.717) is 0 Å². The Kier molecular flexibility index (Phi) is 5.14. The molecule has 96 valence electrons. The van der Waals surface area contributed by atoms with Crippen LogP contribution in [0.15, 0.2) is 15.9 Å². The van der Waals surface area contributed by atoms with Crippen molar-refractivity contribution in [2.45, 2.75) is 44.4 Å². The summed E-state index contributed by atoms with van der Waals surface area (Å²) in [7, 11) is 0. The highest BCUT2D eigenvalue weighted by Gasteiger charge is 2.30. The Labute approximate surface area is 125 Å². The molecular weight excluding hydrogens is 360 g/mol. The van der Waals surface area contributed by atoms with Crippen molar-refractivity contribution in [3.63, 3.8) is 0 Å². The summed E-state index contributed by atoms with van der Waals surface area (Å²) in [5.41, 5.74) is 0. The van der Waals surface area contributed by atoms with Gasteiger partial charge in [-0.3, -0.25) is 0 Å². The van der Waals surface area contributed by atoms with Crippen LogP contribution in [0.25, 0.3) is 0 Å². The van der Waals surface area contributed by atoms with E-state index in [9.17, 15) is 0 Å². The minimum absolute atomic E-state index is 0.721. The Morgan fingerprint density at radius 3 is 2.71 bits per heavy atom. The van der Waals surface area contributed by atoms with Gasteiger partial charge in [0.15, 0.2) is 0 Å². The van der Waals surface area contributed by atoms with Crippen molar-refractivity contribution < 1.29 is 0 Å². The molecule has 17 heavy (non-hydrogen) atoms. The number of alkyl halides is 1. The van der Waals surface area contributed by atoms with Gasteiger partial charge in [0, 0.05) is 9.70 Å². The molecule has 0 N–H and O–H groups in total. The highest BCUT2D eigenvalue weighted by molar-refractivity contribution is 9.11. The van der Waals surface area contributed by atoms with Crippen LogP contribution in [0.3, 0.4) is 0 Å². The summed E-state index contributed by atoms with van der Waals surface area (Å²) >= 11 is 9.33. The molecule has 0 aliphatic heterocycles. The summed E-state index contributed by atoms with van der Waals surface area (Å²) < 4.78 is 1.26. The van der Waals surface area contributed by atoms with Crippen LogP contribution in [0, 0.1) is 17.8 Å². The highest BCUT2D eigenvalue weighted by atomic mass is 79.9. The van der Waals surface area contributed by atoms with E-state index in [0.717, 1.165) is 22.6 Å². The third-order valence-corrected chi connectivity index (χ3v) is 6.82. The van der Waals surface area contributed by atoms with Crippen molar-refractivity contribution in [3.05, 3.63) is 20.8 Å². The average Bonchev–Trinajstić information content (AvgIpc) is 2.67. The first-order valence-corrected chi connectivity index (χ1v) is 8.97. The Balaban J connectivity index is 1.98. The van der Waals surface area contributed by atoms with Gasteiger partial charge in [0.2, 0.25) is 0 Å². The Morgan fingerprint density at radius 1 is 1.35 bits per heavy atom. The number of hydrogen-bond donors (Lipinski definition) is 0. The van der Waals surface area contributed by atoms with Crippen LogP contribution >= 0.6 is 43.2 Å². The standard InChI is InChI=1S/C14H20Br2S/c1-9(2)10-3-5-13(15)11(7-10)8-12-4-6-14(16)17-12/h4,6,9-11,13H,3,5,7-8H2,1-2H3. The van der Waals surface area contributed by atoms with E-state index in [1.54, 1.807) is 0 Å². The first-order valence-electron chi connectivity index (χ1n) is 6.44. The minimum Gasteiger partial charge on any atom is -0.133 e. The fourth-order valence-electron chi connectivity index (χ4n) is 2.80. The second-order valence-corrected chi connectivity index (χ2v) is 9.23. The fourth-order valence-corrected chi connectivity index (χ4v) is 5.04. The molecule has 3 atom stereocenters. The first kappa shape index (κ1) is 14.1. The van der Waals surface area contributed by atoms with Crippen LogP contribution in [0.4, 0.5) is 0 Å². The van der Waals surface area contributed by atoms with E-state index in [-0.39, 0.29) is 0 Å². The maximum atomic E-state index is 3.89. The molecule has 1 aromatic rings. The van der Waals surface area contributed by atoms with Crippen LogP contribution < -0.4 is 0 Å². The summed E-state index contributed by atoms with van der Waals surface area (Å²) in [6.07, 6.45) is 5.39. The van der Waals surface area contributed by atoms with Gasteiger partial charge in [0.05, 0.1) is 3.79 Å². The van der Waals surface area contributed by atoms with Crippen molar-refractivity contribution in [1.82, 2.24) is 0 Å². The second-order valence-electron chi connectivity index (χ2n) is 5.50. The Morgan fingerprint density at radius 2 is 2.12 bits per heavy atom. The van der Waals surface area contributed by atoms with Crippen molar-refractivity contribution >= 4 is 43.2 Å². The zero-order valence-electron chi connectivity index (χ0n) is 10.5. The predicted molar refractivity (Wildman–Crippen MR) is 84.1 cm³/mol. The smallest absolute Gasteiger partial charge is 0.0701 e.